The number of rotatable bonds is 2. The molecular weight excluding hydrogens is 176 g/mol. The normalized spacial score (nSPS) is 49.6. The predicted octanol–water partition coefficient (Wildman–Crippen LogP) is -1.13. The second-order valence-electron chi connectivity index (χ2n) is 3.39. The van der Waals surface area contributed by atoms with E-state index in [4.69, 9.17) is 19.3 Å². The van der Waals surface area contributed by atoms with Crippen molar-refractivity contribution in [1.29, 1.82) is 0 Å². The van der Waals surface area contributed by atoms with Gasteiger partial charge < -0.3 is 24.4 Å². The van der Waals surface area contributed by atoms with Crippen molar-refractivity contribution in [3.8, 4) is 0 Å². The molecule has 0 bridgehead atoms. The van der Waals surface area contributed by atoms with Crippen LogP contribution in [0, 0.1) is 0 Å². The lowest BCUT2D eigenvalue weighted by atomic mass is 10.1. The Labute approximate surface area is 76.2 Å². The van der Waals surface area contributed by atoms with Crippen LogP contribution < -0.4 is 0 Å². The van der Waals surface area contributed by atoms with E-state index >= 15 is 0 Å². The Kier molecular flexibility index (Phi) is 2.53. The first-order valence-corrected chi connectivity index (χ1v) is 4.39. The molecule has 0 aromatic rings. The Morgan fingerprint density at radius 3 is 2.77 bits per heavy atom. The Morgan fingerprint density at radius 2 is 2.23 bits per heavy atom. The van der Waals surface area contributed by atoms with E-state index < -0.39 is 12.2 Å². The molecule has 2 heterocycles. The van der Waals surface area contributed by atoms with Crippen molar-refractivity contribution in [2.75, 3.05) is 13.7 Å². The maximum Gasteiger partial charge on any atom is 0.160 e. The molecule has 0 amide bonds. The first kappa shape index (κ1) is 9.36. The van der Waals surface area contributed by atoms with Gasteiger partial charge in [0, 0.05) is 13.5 Å². The van der Waals surface area contributed by atoms with E-state index in [-0.39, 0.29) is 25.1 Å². The Bertz CT molecular complexity index is 185. The van der Waals surface area contributed by atoms with Crippen molar-refractivity contribution in [3.05, 3.63) is 0 Å². The van der Waals surface area contributed by atoms with Gasteiger partial charge >= 0.3 is 0 Å². The summed E-state index contributed by atoms with van der Waals surface area (Å²) in [4.78, 5) is 0. The minimum absolute atomic E-state index is 0.142. The van der Waals surface area contributed by atoms with E-state index in [0.29, 0.717) is 6.42 Å². The molecule has 2 fully saturated rings. The van der Waals surface area contributed by atoms with Crippen LogP contribution in [0.25, 0.3) is 0 Å². The largest absolute Gasteiger partial charge is 0.394 e. The zero-order chi connectivity index (χ0) is 9.42. The van der Waals surface area contributed by atoms with Gasteiger partial charge in [-0.15, -0.1) is 0 Å². The molecule has 2 aliphatic heterocycles. The quantitative estimate of drug-likeness (QED) is 0.576. The van der Waals surface area contributed by atoms with Crippen molar-refractivity contribution in [3.63, 3.8) is 0 Å². The minimum atomic E-state index is -0.741. The summed E-state index contributed by atoms with van der Waals surface area (Å²) in [5.74, 6) is 0. The van der Waals surface area contributed by atoms with Crippen LogP contribution in [-0.2, 0) is 14.2 Å². The number of hydrogen-bond acceptors (Lipinski definition) is 5. The van der Waals surface area contributed by atoms with Gasteiger partial charge in [0.15, 0.2) is 6.29 Å². The molecule has 1 unspecified atom stereocenters. The van der Waals surface area contributed by atoms with Gasteiger partial charge in [-0.2, -0.15) is 0 Å². The third-order valence-electron chi connectivity index (χ3n) is 2.61. The molecule has 2 saturated heterocycles. The molecule has 13 heavy (non-hydrogen) atoms. The predicted molar refractivity (Wildman–Crippen MR) is 42.0 cm³/mol. The lowest BCUT2D eigenvalue weighted by molar-refractivity contribution is -0.142. The topological polar surface area (TPSA) is 68.2 Å². The van der Waals surface area contributed by atoms with Crippen LogP contribution in [0.5, 0.6) is 0 Å². The van der Waals surface area contributed by atoms with Crippen LogP contribution in [0.4, 0.5) is 0 Å². The Hall–Kier alpha value is -0.200. The molecule has 5 nitrogen and oxygen atoms in total. The van der Waals surface area contributed by atoms with Gasteiger partial charge in [-0.05, 0) is 0 Å². The van der Waals surface area contributed by atoms with Gasteiger partial charge in [0.05, 0.1) is 12.7 Å². The summed E-state index contributed by atoms with van der Waals surface area (Å²) in [6.07, 6.45) is -1.40. The molecular formula is C8H14O5. The highest BCUT2D eigenvalue weighted by molar-refractivity contribution is 4.95. The number of fused-ring (bicyclic) bond motifs is 1. The second-order valence-corrected chi connectivity index (χ2v) is 3.39. The standard InChI is InChI=1S/C8H14O5/c1-11-6-2-4-8(13-6)7(10)5(3-9)12-4/h4-10H,2-3H2,1H3/t4-,5-,6?,7-,8+/m1/s1. The average molecular weight is 190 g/mol. The minimum Gasteiger partial charge on any atom is -0.394 e. The van der Waals surface area contributed by atoms with Gasteiger partial charge in [-0.25, -0.2) is 0 Å². The third-order valence-corrected chi connectivity index (χ3v) is 2.61. The number of hydrogen-bond donors (Lipinski definition) is 2. The number of methoxy groups -OCH3 is 1. The van der Waals surface area contributed by atoms with Crippen molar-refractivity contribution in [2.45, 2.75) is 37.1 Å². The van der Waals surface area contributed by atoms with Crippen LogP contribution in [0.2, 0.25) is 0 Å². The summed E-state index contributed by atoms with van der Waals surface area (Å²) in [7, 11) is 1.56. The van der Waals surface area contributed by atoms with Gasteiger partial charge in [-0.3, -0.25) is 0 Å². The summed E-state index contributed by atoms with van der Waals surface area (Å²) in [6, 6.07) is 0. The molecule has 5 heteroatoms. The molecule has 0 radical (unpaired) electrons. The fourth-order valence-corrected chi connectivity index (χ4v) is 1.90. The molecule has 0 saturated carbocycles. The van der Waals surface area contributed by atoms with Crippen molar-refractivity contribution < 1.29 is 24.4 Å². The molecule has 2 rings (SSSR count). The molecule has 2 aliphatic rings. The van der Waals surface area contributed by atoms with Crippen LogP contribution in [0.3, 0.4) is 0 Å². The van der Waals surface area contributed by atoms with E-state index in [0.717, 1.165) is 0 Å². The highest BCUT2D eigenvalue weighted by atomic mass is 16.7. The fourth-order valence-electron chi connectivity index (χ4n) is 1.90. The molecule has 76 valence electrons. The van der Waals surface area contributed by atoms with E-state index in [1.54, 1.807) is 7.11 Å². The summed E-state index contributed by atoms with van der Waals surface area (Å²) < 4.78 is 15.7. The van der Waals surface area contributed by atoms with Gasteiger partial charge in [0.25, 0.3) is 0 Å². The summed E-state index contributed by atoms with van der Waals surface area (Å²) in [6.45, 7) is -0.171. The zero-order valence-electron chi connectivity index (χ0n) is 7.42. The summed E-state index contributed by atoms with van der Waals surface area (Å²) in [5, 5.41) is 18.4. The monoisotopic (exact) mass is 190 g/mol. The highest BCUT2D eigenvalue weighted by Crippen LogP contribution is 2.34. The second kappa shape index (κ2) is 3.51. The SMILES string of the molecule is COC1C[C@H]2O[C@H](CO)[C@@H](O)[C@H]2O1. The lowest BCUT2D eigenvalue weighted by Crippen LogP contribution is -2.34. The number of aliphatic hydroxyl groups is 2. The first-order chi connectivity index (χ1) is 6.26. The van der Waals surface area contributed by atoms with Crippen LogP contribution in [-0.4, -0.2) is 54.6 Å². The molecule has 0 aromatic carbocycles. The van der Waals surface area contributed by atoms with Gasteiger partial charge in [0.1, 0.15) is 18.3 Å². The summed E-state index contributed by atoms with van der Waals surface area (Å²) >= 11 is 0. The van der Waals surface area contributed by atoms with E-state index in [9.17, 15) is 5.11 Å². The van der Waals surface area contributed by atoms with Crippen LogP contribution in [0.15, 0.2) is 0 Å². The average Bonchev–Trinajstić information content (AvgIpc) is 2.65. The van der Waals surface area contributed by atoms with Crippen molar-refractivity contribution in [1.82, 2.24) is 0 Å². The smallest absolute Gasteiger partial charge is 0.160 e. The first-order valence-electron chi connectivity index (χ1n) is 4.39. The summed E-state index contributed by atoms with van der Waals surface area (Å²) in [5.41, 5.74) is 0. The molecule has 5 atom stereocenters. The fraction of sp³-hybridized carbons (Fsp3) is 1.00. The van der Waals surface area contributed by atoms with Gasteiger partial charge in [-0.1, -0.05) is 0 Å². The number of aliphatic hydroxyl groups excluding tert-OH is 2. The van der Waals surface area contributed by atoms with Crippen molar-refractivity contribution >= 4 is 0 Å². The Balaban J connectivity index is 1.98. The van der Waals surface area contributed by atoms with Crippen LogP contribution in [0.1, 0.15) is 6.42 Å². The molecule has 2 N–H and O–H groups in total. The van der Waals surface area contributed by atoms with E-state index in [2.05, 4.69) is 0 Å². The van der Waals surface area contributed by atoms with E-state index in [1.165, 1.54) is 0 Å². The molecule has 0 aliphatic carbocycles. The van der Waals surface area contributed by atoms with E-state index in [1.807, 2.05) is 0 Å². The van der Waals surface area contributed by atoms with Crippen molar-refractivity contribution in [2.24, 2.45) is 0 Å². The maximum absolute atomic E-state index is 9.61. The highest BCUT2D eigenvalue weighted by Gasteiger charge is 2.50. The molecule has 0 spiro atoms. The van der Waals surface area contributed by atoms with Crippen LogP contribution >= 0.6 is 0 Å². The molecule has 0 aromatic heterocycles. The lowest BCUT2D eigenvalue weighted by Gasteiger charge is -2.16. The Morgan fingerprint density at radius 1 is 1.46 bits per heavy atom. The zero-order valence-corrected chi connectivity index (χ0v) is 7.42. The number of ether oxygens (including phenoxy) is 3. The van der Waals surface area contributed by atoms with Gasteiger partial charge in [0.2, 0.25) is 0 Å². The maximum atomic E-state index is 9.61. The third kappa shape index (κ3) is 1.47.